The standard InChI is InChI=1S/C31H31ClN2O7S/c1-20(18-29(35)36)33(19-21-8-12-23(32)13-9-21)27-16-17-28(26-7-5-4-6-25(26)27)34(42(38)39)24-14-10-22(11-15-24)30(40-2)31(37)41-3/h4-17,20,30H,18-19H2,1-3H3,(H,35,36)(H,38,39)/p-1/t20-,30?/m0/s1. The number of aliphatic carboxylic acids is 1. The van der Waals surface area contributed by atoms with E-state index in [1.165, 1.54) is 18.5 Å². The fraction of sp³-hybridized carbons (Fsp3) is 0.226. The number of halogens is 1. The van der Waals surface area contributed by atoms with Crippen LogP contribution in [-0.2, 0) is 36.9 Å². The fourth-order valence-electron chi connectivity index (χ4n) is 4.89. The van der Waals surface area contributed by atoms with Crippen molar-refractivity contribution in [2.45, 2.75) is 32.0 Å². The number of hydrogen-bond acceptors (Lipinski definition) is 7. The second-order valence-electron chi connectivity index (χ2n) is 9.59. The van der Waals surface area contributed by atoms with Crippen LogP contribution < -0.4 is 9.21 Å². The van der Waals surface area contributed by atoms with E-state index in [1.807, 2.05) is 48.2 Å². The molecular formula is C31H30ClN2O7S-. The topological polar surface area (TPSA) is 119 Å². The molecule has 2 unspecified atom stereocenters. The van der Waals surface area contributed by atoms with E-state index in [0.29, 0.717) is 33.9 Å². The summed E-state index contributed by atoms with van der Waals surface area (Å²) >= 11 is 3.37. The number of nitrogens with zero attached hydrogens (tertiary/aromatic N) is 2. The second kappa shape index (κ2) is 13.8. The van der Waals surface area contributed by atoms with Crippen LogP contribution in [0.5, 0.6) is 0 Å². The Morgan fingerprint density at radius 3 is 2.07 bits per heavy atom. The van der Waals surface area contributed by atoms with Gasteiger partial charge in [0.05, 0.1) is 36.2 Å². The molecule has 3 atom stereocenters. The summed E-state index contributed by atoms with van der Waals surface area (Å²) in [5, 5.41) is 11.6. The van der Waals surface area contributed by atoms with Crippen molar-refractivity contribution in [1.82, 2.24) is 0 Å². The summed E-state index contributed by atoms with van der Waals surface area (Å²) in [6, 6.07) is 24.2. The summed E-state index contributed by atoms with van der Waals surface area (Å²) < 4.78 is 36.5. The van der Waals surface area contributed by atoms with E-state index < -0.39 is 29.3 Å². The fourth-order valence-corrected chi connectivity index (χ4v) is 5.63. The van der Waals surface area contributed by atoms with E-state index in [4.69, 9.17) is 21.1 Å². The van der Waals surface area contributed by atoms with Crippen molar-refractivity contribution in [2.24, 2.45) is 0 Å². The molecule has 0 bridgehead atoms. The Bertz CT molecular complexity index is 1580. The number of benzene rings is 4. The molecule has 0 saturated heterocycles. The van der Waals surface area contributed by atoms with Crippen molar-refractivity contribution in [3.8, 4) is 0 Å². The molecule has 0 aromatic heterocycles. The summed E-state index contributed by atoms with van der Waals surface area (Å²) in [6.07, 6.45) is -1.05. The molecule has 9 nitrogen and oxygen atoms in total. The molecule has 0 fully saturated rings. The van der Waals surface area contributed by atoms with Gasteiger partial charge in [0.25, 0.3) is 0 Å². The molecule has 0 aliphatic carbocycles. The molecule has 4 aromatic carbocycles. The number of esters is 1. The summed E-state index contributed by atoms with van der Waals surface area (Å²) in [5.74, 6) is -1.50. The predicted octanol–water partition coefficient (Wildman–Crippen LogP) is 6.16. The molecule has 0 amide bonds. The largest absolute Gasteiger partial charge is 0.755 e. The van der Waals surface area contributed by atoms with Crippen LogP contribution in [0.4, 0.5) is 17.1 Å². The Morgan fingerprint density at radius 1 is 0.929 bits per heavy atom. The minimum atomic E-state index is -2.70. The third-order valence-corrected chi connectivity index (χ3v) is 7.86. The first-order valence-electron chi connectivity index (χ1n) is 13.0. The van der Waals surface area contributed by atoms with E-state index >= 15 is 0 Å². The van der Waals surface area contributed by atoms with Gasteiger partial charge in [-0.2, -0.15) is 0 Å². The Hall–Kier alpha value is -3.96. The van der Waals surface area contributed by atoms with Gasteiger partial charge in [0.2, 0.25) is 0 Å². The lowest BCUT2D eigenvalue weighted by molar-refractivity contribution is -0.152. The molecule has 220 valence electrons. The number of rotatable bonds is 12. The third kappa shape index (κ3) is 6.91. The number of hydrogen-bond donors (Lipinski definition) is 1. The molecular weight excluding hydrogens is 580 g/mol. The number of carbonyl (C=O) groups is 2. The first-order valence-corrected chi connectivity index (χ1v) is 14.4. The van der Waals surface area contributed by atoms with Gasteiger partial charge in [-0.1, -0.05) is 60.1 Å². The van der Waals surface area contributed by atoms with Crippen molar-refractivity contribution in [3.63, 3.8) is 0 Å². The van der Waals surface area contributed by atoms with Gasteiger partial charge >= 0.3 is 11.9 Å². The van der Waals surface area contributed by atoms with Crippen molar-refractivity contribution in [3.05, 3.63) is 101 Å². The number of carboxylic acid groups (broad SMARTS) is 1. The van der Waals surface area contributed by atoms with Gasteiger partial charge in [-0.3, -0.25) is 13.3 Å². The molecule has 0 spiro atoms. The number of ether oxygens (including phenoxy) is 2. The molecule has 0 aliphatic rings. The molecule has 0 heterocycles. The zero-order valence-electron chi connectivity index (χ0n) is 23.2. The molecule has 42 heavy (non-hydrogen) atoms. The highest BCUT2D eigenvalue weighted by Gasteiger charge is 2.24. The van der Waals surface area contributed by atoms with E-state index in [-0.39, 0.29) is 12.5 Å². The van der Waals surface area contributed by atoms with E-state index in [0.717, 1.165) is 16.6 Å². The van der Waals surface area contributed by atoms with E-state index in [2.05, 4.69) is 0 Å². The molecule has 0 aliphatic heterocycles. The van der Waals surface area contributed by atoms with E-state index in [9.17, 15) is 23.5 Å². The van der Waals surface area contributed by atoms with E-state index in [1.54, 1.807) is 48.5 Å². The highest BCUT2D eigenvalue weighted by Crippen LogP contribution is 2.39. The Kier molecular flexibility index (Phi) is 10.2. The smallest absolute Gasteiger partial charge is 0.339 e. The molecule has 4 rings (SSSR count). The van der Waals surface area contributed by atoms with Gasteiger partial charge in [0.1, 0.15) is 0 Å². The number of anilines is 3. The van der Waals surface area contributed by atoms with Crippen LogP contribution in [0.15, 0.2) is 84.9 Å². The van der Waals surface area contributed by atoms with Crippen molar-refractivity contribution >= 4 is 62.6 Å². The molecule has 4 aromatic rings. The number of carboxylic acids is 1. The van der Waals surface area contributed by atoms with Crippen molar-refractivity contribution < 1.29 is 32.9 Å². The van der Waals surface area contributed by atoms with Gasteiger partial charge in [0, 0.05) is 41.2 Å². The van der Waals surface area contributed by atoms with Crippen LogP contribution in [-0.4, -0.2) is 46.1 Å². The molecule has 0 saturated carbocycles. The lowest BCUT2D eigenvalue weighted by Crippen LogP contribution is -2.34. The monoisotopic (exact) mass is 609 g/mol. The lowest BCUT2D eigenvalue weighted by atomic mass is 10.0. The first-order chi connectivity index (χ1) is 20.1. The van der Waals surface area contributed by atoms with Crippen LogP contribution in [0, 0.1) is 0 Å². The SMILES string of the molecule is COC(=O)C(OC)c1ccc(N(c2ccc(N(Cc3ccc(Cl)cc3)[C@@H](C)CC(=O)O)c3ccccc23)S(=O)[O-])cc1. The average molecular weight is 610 g/mol. The minimum absolute atomic E-state index is 0.0965. The highest BCUT2D eigenvalue weighted by atomic mass is 35.5. The summed E-state index contributed by atoms with van der Waals surface area (Å²) in [5.41, 5.74) is 2.96. The quantitative estimate of drug-likeness (QED) is 0.150. The molecule has 1 N–H and O–H groups in total. The zero-order chi connectivity index (χ0) is 30.4. The Balaban J connectivity index is 1.80. The maximum absolute atomic E-state index is 12.6. The zero-order valence-corrected chi connectivity index (χ0v) is 24.8. The van der Waals surface area contributed by atoms with Gasteiger partial charge < -0.3 is 24.0 Å². The summed E-state index contributed by atoms with van der Waals surface area (Å²) in [6.45, 7) is 2.25. The summed E-state index contributed by atoms with van der Waals surface area (Å²) in [7, 11) is 2.65. The van der Waals surface area contributed by atoms with Gasteiger partial charge in [-0.25, -0.2) is 4.79 Å². The number of methoxy groups -OCH3 is 2. The van der Waals surface area contributed by atoms with Gasteiger partial charge in [-0.05, 0) is 54.4 Å². The van der Waals surface area contributed by atoms with Crippen molar-refractivity contribution in [1.29, 1.82) is 0 Å². The van der Waals surface area contributed by atoms with Crippen molar-refractivity contribution in [2.75, 3.05) is 23.4 Å². The van der Waals surface area contributed by atoms with Gasteiger partial charge in [0.15, 0.2) is 6.10 Å². The lowest BCUT2D eigenvalue weighted by Gasteiger charge is -2.34. The number of fused-ring (bicyclic) bond motifs is 1. The van der Waals surface area contributed by atoms with Crippen LogP contribution in [0.1, 0.15) is 30.6 Å². The molecule has 11 heteroatoms. The highest BCUT2D eigenvalue weighted by molar-refractivity contribution is 7.81. The first kappa shape index (κ1) is 31.0. The van der Waals surface area contributed by atoms with Crippen LogP contribution in [0.25, 0.3) is 10.8 Å². The average Bonchev–Trinajstić information content (AvgIpc) is 2.97. The minimum Gasteiger partial charge on any atom is -0.755 e. The van der Waals surface area contributed by atoms with Crippen LogP contribution in [0.3, 0.4) is 0 Å². The second-order valence-corrected chi connectivity index (χ2v) is 10.8. The third-order valence-electron chi connectivity index (χ3n) is 6.90. The summed E-state index contributed by atoms with van der Waals surface area (Å²) in [4.78, 5) is 25.7. The van der Waals surface area contributed by atoms with Crippen LogP contribution >= 0.6 is 11.6 Å². The maximum Gasteiger partial charge on any atom is 0.339 e. The molecule has 0 radical (unpaired) electrons. The maximum atomic E-state index is 12.6. The van der Waals surface area contributed by atoms with Gasteiger partial charge in [-0.15, -0.1) is 0 Å². The normalized spacial score (nSPS) is 13.3. The Labute approximate surface area is 251 Å². The van der Waals surface area contributed by atoms with Crippen LogP contribution in [0.2, 0.25) is 5.02 Å². The Morgan fingerprint density at radius 2 is 1.52 bits per heavy atom. The number of carbonyl (C=O) groups excluding carboxylic acids is 1. The predicted molar refractivity (Wildman–Crippen MR) is 163 cm³/mol.